The second-order valence-electron chi connectivity index (χ2n) is 7.24. The molecular weight excluding hydrogens is 322 g/mol. The first-order chi connectivity index (χ1) is 11.6. The van der Waals surface area contributed by atoms with Gasteiger partial charge in [-0.15, -0.1) is 10.2 Å². The molecule has 134 valence electrons. The van der Waals surface area contributed by atoms with Crippen LogP contribution in [0.5, 0.6) is 0 Å². The number of carbonyl (C=O) groups is 1. The topological polar surface area (TPSA) is 52.6 Å². The molecule has 6 nitrogen and oxygen atoms in total. The van der Waals surface area contributed by atoms with Crippen molar-refractivity contribution in [2.75, 3.05) is 44.7 Å². The third-order valence-electron chi connectivity index (χ3n) is 5.06. The molecule has 0 N–H and O–H groups in total. The molecule has 0 aliphatic carbocycles. The highest BCUT2D eigenvalue weighted by atomic mass is 32.1. The van der Waals surface area contributed by atoms with E-state index >= 15 is 0 Å². The zero-order valence-electron chi connectivity index (χ0n) is 15.1. The number of hydrogen-bond donors (Lipinski definition) is 0. The molecule has 7 heteroatoms. The lowest BCUT2D eigenvalue weighted by atomic mass is 10.0. The van der Waals surface area contributed by atoms with Crippen molar-refractivity contribution in [2.45, 2.75) is 51.5 Å². The van der Waals surface area contributed by atoms with Crippen LogP contribution in [0, 0.1) is 0 Å². The Labute approximate surface area is 148 Å². The minimum atomic E-state index is 0.0828. The highest BCUT2D eigenvalue weighted by Crippen LogP contribution is 2.26. The number of nitrogens with zero attached hydrogens (tertiary/aromatic N) is 5. The Morgan fingerprint density at radius 3 is 2.62 bits per heavy atom. The smallest absolute Gasteiger partial charge is 0.239 e. The lowest BCUT2D eigenvalue weighted by Gasteiger charge is -2.35. The number of amides is 1. The molecule has 2 fully saturated rings. The van der Waals surface area contributed by atoms with Gasteiger partial charge in [-0.3, -0.25) is 9.69 Å². The van der Waals surface area contributed by atoms with E-state index in [0.717, 1.165) is 55.7 Å². The van der Waals surface area contributed by atoms with Crippen LogP contribution >= 0.6 is 11.3 Å². The lowest BCUT2D eigenvalue weighted by Crippen LogP contribution is -2.50. The summed E-state index contributed by atoms with van der Waals surface area (Å²) in [5.74, 6) is 0.738. The molecule has 0 radical (unpaired) electrons. The Kier molecular flexibility index (Phi) is 5.71. The van der Waals surface area contributed by atoms with E-state index in [0.29, 0.717) is 11.8 Å². The number of hydrogen-bond acceptors (Lipinski definition) is 6. The van der Waals surface area contributed by atoms with Gasteiger partial charge in [0.2, 0.25) is 11.0 Å². The first kappa shape index (κ1) is 17.6. The van der Waals surface area contributed by atoms with Crippen molar-refractivity contribution >= 4 is 22.4 Å². The van der Waals surface area contributed by atoms with Crippen LogP contribution < -0.4 is 4.90 Å². The fourth-order valence-corrected chi connectivity index (χ4v) is 4.41. The summed E-state index contributed by atoms with van der Waals surface area (Å²) in [5, 5.41) is 10.7. The second kappa shape index (κ2) is 7.78. The fourth-order valence-electron chi connectivity index (χ4n) is 3.51. The van der Waals surface area contributed by atoms with Crippen molar-refractivity contribution in [1.82, 2.24) is 20.0 Å². The van der Waals surface area contributed by atoms with E-state index in [2.05, 4.69) is 45.8 Å². The van der Waals surface area contributed by atoms with Gasteiger partial charge in [-0.25, -0.2) is 0 Å². The van der Waals surface area contributed by atoms with Gasteiger partial charge < -0.3 is 9.80 Å². The highest BCUT2D eigenvalue weighted by Gasteiger charge is 2.31. The molecule has 1 aromatic rings. The van der Waals surface area contributed by atoms with Gasteiger partial charge in [-0.1, -0.05) is 31.6 Å². The predicted octanol–water partition coefficient (Wildman–Crippen LogP) is 2.18. The first-order valence-corrected chi connectivity index (χ1v) is 9.95. The quantitative estimate of drug-likeness (QED) is 0.835. The molecule has 2 aliphatic rings. The van der Waals surface area contributed by atoms with Crippen LogP contribution in [0.3, 0.4) is 0 Å². The molecular formula is C17H29N5OS. The summed E-state index contributed by atoms with van der Waals surface area (Å²) in [4.78, 5) is 19.5. The van der Waals surface area contributed by atoms with Crippen molar-refractivity contribution in [3.63, 3.8) is 0 Å². The van der Waals surface area contributed by atoms with Crippen molar-refractivity contribution in [3.05, 3.63) is 5.01 Å². The maximum absolute atomic E-state index is 12.9. The van der Waals surface area contributed by atoms with Crippen LogP contribution in [0.2, 0.25) is 0 Å². The van der Waals surface area contributed by atoms with Gasteiger partial charge in [0, 0.05) is 32.1 Å². The Morgan fingerprint density at radius 1 is 1.08 bits per heavy atom. The summed E-state index contributed by atoms with van der Waals surface area (Å²) >= 11 is 1.69. The zero-order valence-corrected chi connectivity index (χ0v) is 15.9. The van der Waals surface area contributed by atoms with Crippen molar-refractivity contribution < 1.29 is 4.79 Å². The molecule has 24 heavy (non-hydrogen) atoms. The van der Waals surface area contributed by atoms with E-state index in [4.69, 9.17) is 0 Å². The maximum atomic E-state index is 12.9. The van der Waals surface area contributed by atoms with Crippen LogP contribution in [0.4, 0.5) is 5.13 Å². The molecule has 1 atom stereocenters. The van der Waals surface area contributed by atoms with Crippen LogP contribution in [0.1, 0.15) is 50.5 Å². The van der Waals surface area contributed by atoms with Crippen molar-refractivity contribution in [3.8, 4) is 0 Å². The number of anilines is 1. The normalized spacial score (nSPS) is 23.6. The van der Waals surface area contributed by atoms with Gasteiger partial charge in [0.05, 0.1) is 6.04 Å². The summed E-state index contributed by atoms with van der Waals surface area (Å²) in [7, 11) is 2.08. The van der Waals surface area contributed by atoms with E-state index in [1.807, 2.05) is 0 Å². The van der Waals surface area contributed by atoms with Crippen molar-refractivity contribution in [1.29, 1.82) is 0 Å². The summed E-state index contributed by atoms with van der Waals surface area (Å²) in [6.07, 6.45) is 4.38. The number of likely N-dealkylation sites (tertiary alicyclic amines) is 1. The van der Waals surface area contributed by atoms with E-state index in [-0.39, 0.29) is 6.04 Å². The van der Waals surface area contributed by atoms with Gasteiger partial charge in [0.25, 0.3) is 0 Å². The number of likely N-dealkylation sites (N-methyl/N-ethyl adjacent to an activating group) is 1. The van der Waals surface area contributed by atoms with Crippen LogP contribution in [-0.2, 0) is 4.79 Å². The first-order valence-electron chi connectivity index (χ1n) is 9.13. The minimum Gasteiger partial charge on any atom is -0.345 e. The molecule has 1 unspecified atom stereocenters. The number of carbonyl (C=O) groups excluding carboxylic acids is 1. The van der Waals surface area contributed by atoms with Crippen LogP contribution in [0.25, 0.3) is 0 Å². The Bertz CT molecular complexity index is 561. The number of piperidine rings is 1. The molecule has 1 aromatic heterocycles. The Balaban J connectivity index is 1.61. The predicted molar refractivity (Wildman–Crippen MR) is 97.7 cm³/mol. The average molecular weight is 352 g/mol. The second-order valence-corrected chi connectivity index (χ2v) is 8.22. The highest BCUT2D eigenvalue weighted by molar-refractivity contribution is 7.15. The van der Waals surface area contributed by atoms with Crippen LogP contribution in [0.15, 0.2) is 0 Å². The summed E-state index contributed by atoms with van der Waals surface area (Å²) in [6.45, 7) is 8.79. The summed E-state index contributed by atoms with van der Waals surface area (Å²) < 4.78 is 0. The van der Waals surface area contributed by atoms with Crippen LogP contribution in [-0.4, -0.2) is 71.7 Å². The molecule has 0 aromatic carbocycles. The van der Waals surface area contributed by atoms with Gasteiger partial charge in [-0.05, 0) is 32.9 Å². The maximum Gasteiger partial charge on any atom is 0.239 e. The molecule has 0 saturated carbocycles. The molecule has 3 rings (SSSR count). The van der Waals surface area contributed by atoms with Gasteiger partial charge in [-0.2, -0.15) is 0 Å². The minimum absolute atomic E-state index is 0.0828. The molecule has 0 bridgehead atoms. The SMILES string of the molecule is CC(C)c1nnc(N2CCCN(C(=O)C3CCCCN3C)CC2)s1. The van der Waals surface area contributed by atoms with Crippen molar-refractivity contribution in [2.24, 2.45) is 0 Å². The monoisotopic (exact) mass is 351 g/mol. The lowest BCUT2D eigenvalue weighted by molar-refractivity contribution is -0.137. The van der Waals surface area contributed by atoms with Gasteiger partial charge >= 0.3 is 0 Å². The number of rotatable bonds is 3. The largest absolute Gasteiger partial charge is 0.345 e. The van der Waals surface area contributed by atoms with E-state index in [1.165, 1.54) is 12.8 Å². The molecule has 2 aliphatic heterocycles. The fraction of sp³-hybridized carbons (Fsp3) is 0.824. The van der Waals surface area contributed by atoms with E-state index in [1.54, 1.807) is 11.3 Å². The Morgan fingerprint density at radius 2 is 1.92 bits per heavy atom. The zero-order chi connectivity index (χ0) is 17.1. The standard InChI is InChI=1S/C17H29N5OS/c1-13(2)15-18-19-17(24-15)22-10-6-9-21(11-12-22)16(23)14-7-4-5-8-20(14)3/h13-14H,4-12H2,1-3H3. The third kappa shape index (κ3) is 3.88. The molecule has 2 saturated heterocycles. The van der Waals surface area contributed by atoms with E-state index in [9.17, 15) is 4.79 Å². The average Bonchev–Trinajstić information content (AvgIpc) is 2.94. The molecule has 1 amide bonds. The molecule has 0 spiro atoms. The Hall–Kier alpha value is -1.21. The third-order valence-corrected chi connectivity index (χ3v) is 6.34. The molecule has 3 heterocycles. The van der Waals surface area contributed by atoms with Gasteiger partial charge in [0.15, 0.2) is 0 Å². The number of aromatic nitrogens is 2. The van der Waals surface area contributed by atoms with Gasteiger partial charge in [0.1, 0.15) is 5.01 Å². The summed E-state index contributed by atoms with van der Waals surface area (Å²) in [5.41, 5.74) is 0. The summed E-state index contributed by atoms with van der Waals surface area (Å²) in [6, 6.07) is 0.0828. The van der Waals surface area contributed by atoms with E-state index < -0.39 is 0 Å².